The number of hydrogen-bond acceptors (Lipinski definition) is 4. The second-order valence-corrected chi connectivity index (χ2v) is 7.17. The van der Waals surface area contributed by atoms with Gasteiger partial charge in [-0.05, 0) is 36.4 Å². The monoisotopic (exact) mass is 399 g/mol. The van der Waals surface area contributed by atoms with E-state index in [1.807, 2.05) is 28.8 Å². The van der Waals surface area contributed by atoms with Crippen LogP contribution in [0.1, 0.15) is 16.2 Å². The van der Waals surface area contributed by atoms with Crippen LogP contribution in [0.15, 0.2) is 48.5 Å². The van der Waals surface area contributed by atoms with E-state index in [2.05, 4.69) is 4.90 Å². The zero-order chi connectivity index (χ0) is 18.8. The number of benzene rings is 2. The van der Waals surface area contributed by atoms with Crippen LogP contribution in [0.3, 0.4) is 0 Å². The van der Waals surface area contributed by atoms with Gasteiger partial charge in [-0.1, -0.05) is 36.0 Å². The molecule has 1 aliphatic heterocycles. The minimum Gasteiger partial charge on any atom is -0.378 e. The number of aromatic nitrogens is 2. The number of rotatable bonds is 4. The summed E-state index contributed by atoms with van der Waals surface area (Å²) < 4.78 is 7.32. The molecule has 2 aromatic carbocycles. The molecule has 1 fully saturated rings. The molecule has 0 spiro atoms. The van der Waals surface area contributed by atoms with Gasteiger partial charge in [0.15, 0.2) is 11.6 Å². The van der Waals surface area contributed by atoms with Crippen molar-refractivity contribution in [2.75, 3.05) is 26.3 Å². The smallest absolute Gasteiger partial charge is 0.182 e. The number of Topliss-reactive ketones (excluding diaryl/α,β-unsaturated/α-hetero) is 1. The number of imidazole rings is 1. The van der Waals surface area contributed by atoms with Crippen molar-refractivity contribution in [3.63, 3.8) is 0 Å². The highest BCUT2D eigenvalue weighted by Crippen LogP contribution is 2.20. The Kier molecular flexibility index (Phi) is 5.20. The molecule has 0 amide bonds. The van der Waals surface area contributed by atoms with Crippen molar-refractivity contribution in [2.45, 2.75) is 6.54 Å². The Labute approximate surface area is 167 Å². The molecule has 1 aliphatic rings. The zero-order valence-corrected chi connectivity index (χ0v) is 16.2. The molecule has 0 bridgehead atoms. The van der Waals surface area contributed by atoms with Crippen molar-refractivity contribution >= 4 is 45.6 Å². The van der Waals surface area contributed by atoms with Gasteiger partial charge in [-0.2, -0.15) is 0 Å². The SMILES string of the molecule is O=C(Cn1c(C(=S)N2CCOCC2)nc2ccccc21)c1ccc(Cl)cc1. The third-order valence-corrected chi connectivity index (χ3v) is 5.30. The number of para-hydroxylation sites is 2. The van der Waals surface area contributed by atoms with Crippen LogP contribution >= 0.6 is 23.8 Å². The van der Waals surface area contributed by atoms with Crippen LogP contribution in [-0.2, 0) is 11.3 Å². The molecule has 5 nitrogen and oxygen atoms in total. The van der Waals surface area contributed by atoms with Gasteiger partial charge >= 0.3 is 0 Å². The molecule has 1 saturated heterocycles. The van der Waals surface area contributed by atoms with Gasteiger partial charge in [0.2, 0.25) is 0 Å². The second kappa shape index (κ2) is 7.76. The van der Waals surface area contributed by atoms with Crippen LogP contribution in [0.4, 0.5) is 0 Å². The predicted octanol–water partition coefficient (Wildman–Crippen LogP) is 3.58. The van der Waals surface area contributed by atoms with Crippen molar-refractivity contribution in [1.82, 2.24) is 14.5 Å². The Balaban J connectivity index is 1.70. The molecule has 0 unspecified atom stereocenters. The first kappa shape index (κ1) is 18.1. The number of thiocarbonyl (C=S) groups is 1. The molecule has 4 rings (SSSR count). The Morgan fingerprint density at radius 2 is 1.81 bits per heavy atom. The number of ketones is 1. The zero-order valence-electron chi connectivity index (χ0n) is 14.6. The van der Waals surface area contributed by atoms with Crippen LogP contribution < -0.4 is 0 Å². The maximum absolute atomic E-state index is 12.8. The summed E-state index contributed by atoms with van der Waals surface area (Å²) in [6.07, 6.45) is 0. The van der Waals surface area contributed by atoms with E-state index in [1.54, 1.807) is 24.3 Å². The Hall–Kier alpha value is -2.28. The molecule has 2 heterocycles. The van der Waals surface area contributed by atoms with E-state index in [0.29, 0.717) is 34.6 Å². The number of carbonyl (C=O) groups is 1. The van der Waals surface area contributed by atoms with Gasteiger partial charge in [0.25, 0.3) is 0 Å². The van der Waals surface area contributed by atoms with Gasteiger partial charge in [-0.3, -0.25) is 4.79 Å². The quantitative estimate of drug-likeness (QED) is 0.495. The number of halogens is 1. The summed E-state index contributed by atoms with van der Waals surface area (Å²) in [6, 6.07) is 14.7. The van der Waals surface area contributed by atoms with Crippen molar-refractivity contribution in [1.29, 1.82) is 0 Å². The number of nitrogens with zero attached hydrogens (tertiary/aromatic N) is 3. The number of carbonyl (C=O) groups excluding carboxylic acids is 1. The van der Waals surface area contributed by atoms with Crippen molar-refractivity contribution in [3.8, 4) is 0 Å². The van der Waals surface area contributed by atoms with Crippen LogP contribution in [-0.4, -0.2) is 51.5 Å². The van der Waals surface area contributed by atoms with Crippen molar-refractivity contribution in [2.24, 2.45) is 0 Å². The van der Waals surface area contributed by atoms with Crippen molar-refractivity contribution in [3.05, 3.63) is 64.9 Å². The Morgan fingerprint density at radius 1 is 1.11 bits per heavy atom. The Bertz CT molecular complexity index is 994. The van der Waals surface area contributed by atoms with Gasteiger partial charge in [-0.15, -0.1) is 0 Å². The van der Waals surface area contributed by atoms with E-state index in [4.69, 9.17) is 33.5 Å². The molecule has 1 aromatic heterocycles. The van der Waals surface area contributed by atoms with E-state index in [0.717, 1.165) is 24.1 Å². The number of ether oxygens (including phenoxy) is 1. The topological polar surface area (TPSA) is 47.4 Å². The lowest BCUT2D eigenvalue weighted by molar-refractivity contribution is 0.0690. The summed E-state index contributed by atoms with van der Waals surface area (Å²) >= 11 is 11.6. The van der Waals surface area contributed by atoms with Gasteiger partial charge < -0.3 is 14.2 Å². The lowest BCUT2D eigenvalue weighted by Crippen LogP contribution is -2.41. The average Bonchev–Trinajstić information content (AvgIpc) is 3.07. The normalized spacial score (nSPS) is 14.5. The number of hydrogen-bond donors (Lipinski definition) is 0. The third kappa shape index (κ3) is 3.74. The third-order valence-electron chi connectivity index (χ3n) is 4.61. The van der Waals surface area contributed by atoms with E-state index in [9.17, 15) is 4.79 Å². The lowest BCUT2D eigenvalue weighted by atomic mass is 10.1. The first-order valence-corrected chi connectivity index (χ1v) is 9.53. The number of fused-ring (bicyclic) bond motifs is 1. The molecule has 3 aromatic rings. The molecule has 138 valence electrons. The highest BCUT2D eigenvalue weighted by molar-refractivity contribution is 7.80. The maximum Gasteiger partial charge on any atom is 0.182 e. The highest BCUT2D eigenvalue weighted by atomic mass is 35.5. The minimum atomic E-state index is -0.0131. The summed E-state index contributed by atoms with van der Waals surface area (Å²) in [6.45, 7) is 2.91. The molecule has 0 N–H and O–H groups in total. The largest absolute Gasteiger partial charge is 0.378 e. The molecule has 0 radical (unpaired) electrons. The molecular weight excluding hydrogens is 382 g/mol. The fraction of sp³-hybridized carbons (Fsp3) is 0.250. The van der Waals surface area contributed by atoms with Crippen LogP contribution in [0.2, 0.25) is 5.02 Å². The van der Waals surface area contributed by atoms with Gasteiger partial charge in [-0.25, -0.2) is 4.98 Å². The molecule has 27 heavy (non-hydrogen) atoms. The summed E-state index contributed by atoms with van der Waals surface area (Å²) in [5.41, 5.74) is 2.33. The average molecular weight is 400 g/mol. The van der Waals surface area contributed by atoms with Crippen LogP contribution in [0.5, 0.6) is 0 Å². The van der Waals surface area contributed by atoms with E-state index in [1.165, 1.54) is 0 Å². The minimum absolute atomic E-state index is 0.0131. The fourth-order valence-corrected chi connectivity index (χ4v) is 3.64. The second-order valence-electron chi connectivity index (χ2n) is 6.34. The summed E-state index contributed by atoms with van der Waals surface area (Å²) in [4.78, 5) is 20.3. The van der Waals surface area contributed by atoms with Crippen molar-refractivity contribution < 1.29 is 9.53 Å². The predicted molar refractivity (Wildman–Crippen MR) is 110 cm³/mol. The molecular formula is C20H18ClN3O2S. The summed E-state index contributed by atoms with van der Waals surface area (Å²) in [5, 5.41) is 0.605. The Morgan fingerprint density at radius 3 is 2.56 bits per heavy atom. The summed E-state index contributed by atoms with van der Waals surface area (Å²) in [5.74, 6) is 0.635. The van der Waals surface area contributed by atoms with E-state index < -0.39 is 0 Å². The van der Waals surface area contributed by atoms with Gasteiger partial charge in [0.05, 0.1) is 30.8 Å². The lowest BCUT2D eigenvalue weighted by Gasteiger charge is -2.28. The van der Waals surface area contributed by atoms with E-state index in [-0.39, 0.29) is 12.3 Å². The van der Waals surface area contributed by atoms with E-state index >= 15 is 0 Å². The molecule has 0 aliphatic carbocycles. The van der Waals surface area contributed by atoms with Gasteiger partial charge in [0, 0.05) is 23.7 Å². The fourth-order valence-electron chi connectivity index (χ4n) is 3.18. The molecule has 0 atom stereocenters. The van der Waals surface area contributed by atoms with Crippen LogP contribution in [0, 0.1) is 0 Å². The van der Waals surface area contributed by atoms with Gasteiger partial charge in [0.1, 0.15) is 4.99 Å². The van der Waals surface area contributed by atoms with Crippen LogP contribution in [0.25, 0.3) is 11.0 Å². The molecule has 7 heteroatoms. The summed E-state index contributed by atoms with van der Waals surface area (Å²) in [7, 11) is 0. The molecule has 0 saturated carbocycles. The standard InChI is InChI=1S/C20H18ClN3O2S/c21-15-7-5-14(6-8-15)18(25)13-24-17-4-2-1-3-16(17)22-19(24)20(27)23-9-11-26-12-10-23/h1-8H,9-13H2. The first-order valence-electron chi connectivity index (χ1n) is 8.74. The maximum atomic E-state index is 12.8. The first-order chi connectivity index (χ1) is 13.1. The highest BCUT2D eigenvalue weighted by Gasteiger charge is 2.22. The number of morpholine rings is 1.